The second-order valence-corrected chi connectivity index (χ2v) is 5.61. The molecule has 0 bridgehead atoms. The van der Waals surface area contributed by atoms with Gasteiger partial charge in [0, 0.05) is 18.8 Å². The molecule has 3 nitrogen and oxygen atoms in total. The molecule has 1 aromatic heterocycles. The Morgan fingerprint density at radius 1 is 1.35 bits per heavy atom. The minimum Gasteiger partial charge on any atom is -0.330 e. The van der Waals surface area contributed by atoms with Crippen LogP contribution in [-0.4, -0.2) is 16.1 Å². The summed E-state index contributed by atoms with van der Waals surface area (Å²) in [5.41, 5.74) is 1.34. The van der Waals surface area contributed by atoms with Crippen LogP contribution in [0.1, 0.15) is 57.7 Å². The molecule has 0 aromatic carbocycles. The Labute approximate surface area is 105 Å². The van der Waals surface area contributed by atoms with Crippen molar-refractivity contribution in [1.29, 1.82) is 0 Å². The zero-order valence-electron chi connectivity index (χ0n) is 11.2. The Morgan fingerprint density at radius 2 is 2.12 bits per heavy atom. The van der Waals surface area contributed by atoms with Crippen molar-refractivity contribution in [2.75, 3.05) is 6.54 Å². The van der Waals surface area contributed by atoms with E-state index in [-0.39, 0.29) is 0 Å². The van der Waals surface area contributed by atoms with Gasteiger partial charge in [-0.2, -0.15) is 0 Å². The van der Waals surface area contributed by atoms with E-state index in [1.807, 2.05) is 12.5 Å². The Morgan fingerprint density at radius 3 is 2.82 bits per heavy atom. The van der Waals surface area contributed by atoms with Crippen LogP contribution in [0.25, 0.3) is 0 Å². The number of aromatic nitrogens is 2. The lowest BCUT2D eigenvalue weighted by atomic mass is 9.95. The van der Waals surface area contributed by atoms with E-state index in [1.165, 1.54) is 37.8 Å². The third-order valence-corrected chi connectivity index (χ3v) is 3.57. The number of hydrogen-bond donors (Lipinski definition) is 1. The lowest BCUT2D eigenvalue weighted by Crippen LogP contribution is -2.22. The Kier molecular flexibility index (Phi) is 4.60. The summed E-state index contributed by atoms with van der Waals surface area (Å²) in [6.45, 7) is 6.52. The average molecular weight is 235 g/mol. The van der Waals surface area contributed by atoms with Crippen LogP contribution in [-0.2, 0) is 6.54 Å². The maximum Gasteiger partial charge on any atom is 0.0951 e. The quantitative estimate of drug-likeness (QED) is 0.849. The van der Waals surface area contributed by atoms with Crippen molar-refractivity contribution in [1.82, 2.24) is 14.9 Å². The predicted octanol–water partition coefficient (Wildman–Crippen LogP) is 3.13. The summed E-state index contributed by atoms with van der Waals surface area (Å²) in [7, 11) is 0. The van der Waals surface area contributed by atoms with Crippen molar-refractivity contribution in [3.8, 4) is 0 Å². The zero-order chi connectivity index (χ0) is 12.1. The fraction of sp³-hybridized carbons (Fsp3) is 0.786. The van der Waals surface area contributed by atoms with Crippen LogP contribution in [0.5, 0.6) is 0 Å². The first-order chi connectivity index (χ1) is 8.27. The van der Waals surface area contributed by atoms with Crippen molar-refractivity contribution in [3.05, 3.63) is 18.2 Å². The summed E-state index contributed by atoms with van der Waals surface area (Å²) in [4.78, 5) is 4.32. The van der Waals surface area contributed by atoms with E-state index in [2.05, 4.69) is 28.7 Å². The average Bonchev–Trinajstić information content (AvgIpc) is 2.78. The standard InChI is InChI=1S/C14H25N3/c1-12(2)8-15-9-14-10-16-11-17(14)13-6-4-3-5-7-13/h10-13,15H,3-9H2,1-2H3. The second-order valence-electron chi connectivity index (χ2n) is 5.61. The van der Waals surface area contributed by atoms with Gasteiger partial charge in [0.15, 0.2) is 0 Å². The van der Waals surface area contributed by atoms with Gasteiger partial charge in [-0.05, 0) is 25.3 Å². The molecule has 3 heteroatoms. The second kappa shape index (κ2) is 6.20. The third kappa shape index (κ3) is 3.56. The van der Waals surface area contributed by atoms with E-state index >= 15 is 0 Å². The summed E-state index contributed by atoms with van der Waals surface area (Å²) in [6, 6.07) is 0.696. The normalized spacial score (nSPS) is 17.8. The van der Waals surface area contributed by atoms with Crippen molar-refractivity contribution >= 4 is 0 Å². The summed E-state index contributed by atoms with van der Waals surface area (Å²) in [5, 5.41) is 3.51. The van der Waals surface area contributed by atoms with Crippen molar-refractivity contribution < 1.29 is 0 Å². The number of rotatable bonds is 5. The number of hydrogen-bond acceptors (Lipinski definition) is 2. The molecule has 1 N–H and O–H groups in total. The summed E-state index contributed by atoms with van der Waals surface area (Å²) < 4.78 is 2.40. The van der Waals surface area contributed by atoms with E-state index in [4.69, 9.17) is 0 Å². The predicted molar refractivity (Wildman–Crippen MR) is 70.9 cm³/mol. The monoisotopic (exact) mass is 235 g/mol. The molecule has 0 atom stereocenters. The van der Waals surface area contributed by atoms with Gasteiger partial charge in [-0.1, -0.05) is 33.1 Å². The molecule has 0 aliphatic heterocycles. The van der Waals surface area contributed by atoms with E-state index in [0.29, 0.717) is 12.0 Å². The van der Waals surface area contributed by atoms with Gasteiger partial charge < -0.3 is 9.88 Å². The number of nitrogens with one attached hydrogen (secondary N) is 1. The Hall–Kier alpha value is -0.830. The first kappa shape index (κ1) is 12.6. The molecule has 1 aliphatic rings. The molecular formula is C14H25N3. The van der Waals surface area contributed by atoms with Gasteiger partial charge in [0.1, 0.15) is 0 Å². The molecule has 1 saturated carbocycles. The van der Waals surface area contributed by atoms with E-state index in [0.717, 1.165) is 13.1 Å². The highest BCUT2D eigenvalue weighted by Gasteiger charge is 2.17. The van der Waals surface area contributed by atoms with Gasteiger partial charge in [0.25, 0.3) is 0 Å². The fourth-order valence-corrected chi connectivity index (χ4v) is 2.65. The van der Waals surface area contributed by atoms with E-state index < -0.39 is 0 Å². The maximum atomic E-state index is 4.32. The molecule has 0 amide bonds. The summed E-state index contributed by atoms with van der Waals surface area (Å²) in [5.74, 6) is 0.709. The minimum absolute atomic E-state index is 0.696. The molecule has 1 heterocycles. The fourth-order valence-electron chi connectivity index (χ4n) is 2.65. The van der Waals surface area contributed by atoms with E-state index in [1.54, 1.807) is 0 Å². The molecule has 1 aliphatic carbocycles. The van der Waals surface area contributed by atoms with Crippen LogP contribution in [0.15, 0.2) is 12.5 Å². The van der Waals surface area contributed by atoms with Crippen LogP contribution >= 0.6 is 0 Å². The molecular weight excluding hydrogens is 210 g/mol. The molecule has 0 unspecified atom stereocenters. The first-order valence-electron chi connectivity index (χ1n) is 6.99. The van der Waals surface area contributed by atoms with Crippen LogP contribution < -0.4 is 5.32 Å². The third-order valence-electron chi connectivity index (χ3n) is 3.57. The molecule has 17 heavy (non-hydrogen) atoms. The molecule has 0 saturated heterocycles. The molecule has 0 spiro atoms. The lowest BCUT2D eigenvalue weighted by molar-refractivity contribution is 0.344. The van der Waals surface area contributed by atoms with E-state index in [9.17, 15) is 0 Å². The Balaban J connectivity index is 1.91. The zero-order valence-corrected chi connectivity index (χ0v) is 11.2. The highest BCUT2D eigenvalue weighted by atomic mass is 15.1. The molecule has 0 radical (unpaired) electrons. The molecule has 1 aromatic rings. The number of imidazole rings is 1. The largest absolute Gasteiger partial charge is 0.330 e. The van der Waals surface area contributed by atoms with Gasteiger partial charge in [0.05, 0.1) is 12.0 Å². The Bertz CT molecular complexity index is 324. The van der Waals surface area contributed by atoms with Gasteiger partial charge >= 0.3 is 0 Å². The maximum absolute atomic E-state index is 4.32. The summed E-state index contributed by atoms with van der Waals surface area (Å²) >= 11 is 0. The topological polar surface area (TPSA) is 29.9 Å². The van der Waals surface area contributed by atoms with Gasteiger partial charge in [-0.15, -0.1) is 0 Å². The molecule has 1 fully saturated rings. The van der Waals surface area contributed by atoms with Crippen molar-refractivity contribution in [2.45, 2.75) is 58.5 Å². The lowest BCUT2D eigenvalue weighted by Gasteiger charge is -2.25. The summed E-state index contributed by atoms with van der Waals surface area (Å²) in [6.07, 6.45) is 10.8. The van der Waals surface area contributed by atoms with Gasteiger partial charge in [0.2, 0.25) is 0 Å². The van der Waals surface area contributed by atoms with Gasteiger partial charge in [-0.25, -0.2) is 4.98 Å². The van der Waals surface area contributed by atoms with Crippen LogP contribution in [0, 0.1) is 5.92 Å². The molecule has 96 valence electrons. The molecule has 2 rings (SSSR count). The van der Waals surface area contributed by atoms with Crippen LogP contribution in [0.3, 0.4) is 0 Å². The minimum atomic E-state index is 0.696. The van der Waals surface area contributed by atoms with Gasteiger partial charge in [-0.3, -0.25) is 0 Å². The first-order valence-corrected chi connectivity index (χ1v) is 6.99. The van der Waals surface area contributed by atoms with Crippen molar-refractivity contribution in [2.24, 2.45) is 5.92 Å². The van der Waals surface area contributed by atoms with Crippen LogP contribution in [0.4, 0.5) is 0 Å². The number of nitrogens with zero attached hydrogens (tertiary/aromatic N) is 2. The van der Waals surface area contributed by atoms with Crippen molar-refractivity contribution in [3.63, 3.8) is 0 Å². The highest BCUT2D eigenvalue weighted by Crippen LogP contribution is 2.28. The SMILES string of the molecule is CC(C)CNCc1cncn1C1CCCCC1. The highest BCUT2D eigenvalue weighted by molar-refractivity contribution is 5.00. The smallest absolute Gasteiger partial charge is 0.0951 e. The van der Waals surface area contributed by atoms with Crippen LogP contribution in [0.2, 0.25) is 0 Å².